The van der Waals surface area contributed by atoms with Crippen molar-refractivity contribution in [2.45, 2.75) is 35.5 Å². The van der Waals surface area contributed by atoms with Gasteiger partial charge in [-0.1, -0.05) is 36.0 Å². The van der Waals surface area contributed by atoms with E-state index in [2.05, 4.69) is 53.4 Å². The summed E-state index contributed by atoms with van der Waals surface area (Å²) in [5, 5.41) is 0. The highest BCUT2D eigenvalue weighted by Crippen LogP contribution is 2.47. The number of amides is 1. The van der Waals surface area contributed by atoms with E-state index in [0.717, 1.165) is 45.3 Å². The van der Waals surface area contributed by atoms with E-state index in [-0.39, 0.29) is 0 Å². The Morgan fingerprint density at radius 3 is 2.21 bits per heavy atom. The number of nitrogens with zero attached hydrogens (tertiary/aromatic N) is 2. The third-order valence-electron chi connectivity index (χ3n) is 4.76. The zero-order valence-corrected chi connectivity index (χ0v) is 14.6. The third kappa shape index (κ3) is 3.03. The smallest absolute Gasteiger partial charge is 0.222 e. The maximum Gasteiger partial charge on any atom is 0.222 e. The summed E-state index contributed by atoms with van der Waals surface area (Å²) < 4.78 is 0. The number of carbonyl (C=O) groups is 1. The topological polar surface area (TPSA) is 23.6 Å². The quantitative estimate of drug-likeness (QED) is 0.808. The average molecular weight is 338 g/mol. The van der Waals surface area contributed by atoms with Crippen molar-refractivity contribution in [2.24, 2.45) is 0 Å². The molecule has 2 heterocycles. The first-order valence-corrected chi connectivity index (χ1v) is 9.56. The van der Waals surface area contributed by atoms with Gasteiger partial charge < -0.3 is 9.80 Å². The molecule has 2 aliphatic rings. The summed E-state index contributed by atoms with van der Waals surface area (Å²) in [6.07, 6.45) is 3.93. The lowest BCUT2D eigenvalue weighted by Crippen LogP contribution is -2.37. The Labute approximate surface area is 147 Å². The number of piperidine rings is 1. The Bertz CT molecular complexity index is 700. The van der Waals surface area contributed by atoms with Crippen LogP contribution in [0, 0.1) is 0 Å². The highest BCUT2D eigenvalue weighted by atomic mass is 32.2. The lowest BCUT2D eigenvalue weighted by Gasteiger charge is -2.34. The molecule has 0 radical (unpaired) electrons. The molecule has 3 nitrogen and oxygen atoms in total. The van der Waals surface area contributed by atoms with Crippen molar-refractivity contribution < 1.29 is 4.79 Å². The number of para-hydroxylation sites is 2. The molecule has 0 atom stereocenters. The van der Waals surface area contributed by atoms with E-state index in [1.165, 1.54) is 21.2 Å². The average Bonchev–Trinajstić information content (AvgIpc) is 2.62. The fourth-order valence-corrected chi connectivity index (χ4v) is 4.64. The van der Waals surface area contributed by atoms with Crippen LogP contribution in [0.25, 0.3) is 0 Å². The second-order valence-electron chi connectivity index (χ2n) is 6.38. The van der Waals surface area contributed by atoms with Gasteiger partial charge in [-0.2, -0.15) is 0 Å². The van der Waals surface area contributed by atoms with Crippen LogP contribution >= 0.6 is 11.8 Å². The first-order valence-electron chi connectivity index (χ1n) is 8.74. The number of benzene rings is 2. The Kier molecular flexibility index (Phi) is 4.48. The summed E-state index contributed by atoms with van der Waals surface area (Å²) >= 11 is 1.84. The van der Waals surface area contributed by atoms with Crippen molar-refractivity contribution >= 4 is 29.0 Å². The van der Waals surface area contributed by atoms with Crippen molar-refractivity contribution in [3.63, 3.8) is 0 Å². The van der Waals surface area contributed by atoms with Gasteiger partial charge in [-0.3, -0.25) is 4.79 Å². The van der Waals surface area contributed by atoms with Gasteiger partial charge in [0.05, 0.1) is 11.4 Å². The van der Waals surface area contributed by atoms with Crippen LogP contribution in [0.2, 0.25) is 0 Å². The van der Waals surface area contributed by atoms with E-state index in [1.807, 2.05) is 16.7 Å². The Morgan fingerprint density at radius 2 is 1.54 bits per heavy atom. The molecule has 124 valence electrons. The highest BCUT2D eigenvalue weighted by Gasteiger charge is 2.23. The molecule has 1 saturated heterocycles. The van der Waals surface area contributed by atoms with Gasteiger partial charge in [0.1, 0.15) is 0 Å². The van der Waals surface area contributed by atoms with Crippen LogP contribution < -0.4 is 4.90 Å². The standard InChI is InChI=1S/C20H22N2OS/c23-20-12-5-6-13-21(20)14-7-15-22-16-8-1-3-10-18(16)24-19-11-4-2-9-17(19)22/h1-4,8-11H,5-7,12-15H2. The molecule has 2 aromatic rings. The molecule has 2 aromatic carbocycles. The maximum absolute atomic E-state index is 12.0. The molecule has 24 heavy (non-hydrogen) atoms. The summed E-state index contributed by atoms with van der Waals surface area (Å²) in [5.41, 5.74) is 2.57. The third-order valence-corrected chi connectivity index (χ3v) is 5.89. The monoisotopic (exact) mass is 338 g/mol. The molecule has 4 heteroatoms. The molecule has 0 N–H and O–H groups in total. The SMILES string of the molecule is O=C1CCCCN1CCCN1c2ccccc2Sc2ccccc21. The van der Waals surface area contributed by atoms with Gasteiger partial charge in [0.2, 0.25) is 5.91 Å². The van der Waals surface area contributed by atoms with Crippen LogP contribution in [0.5, 0.6) is 0 Å². The Hall–Kier alpha value is -1.94. The van der Waals surface area contributed by atoms with Gasteiger partial charge in [0, 0.05) is 35.8 Å². The van der Waals surface area contributed by atoms with Gasteiger partial charge in [-0.25, -0.2) is 0 Å². The number of hydrogen-bond acceptors (Lipinski definition) is 3. The minimum atomic E-state index is 0.330. The van der Waals surface area contributed by atoms with Crippen molar-refractivity contribution in [2.75, 3.05) is 24.5 Å². The molecule has 0 bridgehead atoms. The molecule has 2 aliphatic heterocycles. The van der Waals surface area contributed by atoms with E-state index in [0.29, 0.717) is 5.91 Å². The van der Waals surface area contributed by atoms with Crippen LogP contribution in [0.15, 0.2) is 58.3 Å². The molecule has 0 saturated carbocycles. The number of hydrogen-bond donors (Lipinski definition) is 0. The Balaban J connectivity index is 1.51. The second kappa shape index (κ2) is 6.89. The molecule has 4 rings (SSSR count). The minimum Gasteiger partial charge on any atom is -0.343 e. The lowest BCUT2D eigenvalue weighted by atomic mass is 10.1. The summed E-state index contributed by atoms with van der Waals surface area (Å²) in [6.45, 7) is 2.74. The summed E-state index contributed by atoms with van der Waals surface area (Å²) in [7, 11) is 0. The van der Waals surface area contributed by atoms with Crippen LogP contribution in [0.3, 0.4) is 0 Å². The van der Waals surface area contributed by atoms with Crippen molar-refractivity contribution in [3.8, 4) is 0 Å². The van der Waals surface area contributed by atoms with Gasteiger partial charge in [-0.05, 0) is 43.5 Å². The summed E-state index contributed by atoms with van der Waals surface area (Å²) in [6, 6.07) is 17.2. The molecule has 1 amide bonds. The number of anilines is 2. The molecule has 0 aliphatic carbocycles. The van der Waals surface area contributed by atoms with Gasteiger partial charge in [0.25, 0.3) is 0 Å². The van der Waals surface area contributed by atoms with E-state index in [9.17, 15) is 4.79 Å². The predicted molar refractivity (Wildman–Crippen MR) is 99.1 cm³/mol. The molecule has 0 aromatic heterocycles. The van der Waals surface area contributed by atoms with Crippen LogP contribution in [0.4, 0.5) is 11.4 Å². The normalized spacial score (nSPS) is 16.8. The van der Waals surface area contributed by atoms with E-state index in [4.69, 9.17) is 0 Å². The van der Waals surface area contributed by atoms with E-state index in [1.54, 1.807) is 0 Å². The molecule has 0 unspecified atom stereocenters. The first kappa shape index (κ1) is 15.6. The van der Waals surface area contributed by atoms with Crippen LogP contribution in [-0.4, -0.2) is 30.4 Å². The zero-order chi connectivity index (χ0) is 16.4. The highest BCUT2D eigenvalue weighted by molar-refractivity contribution is 7.99. The van der Waals surface area contributed by atoms with Gasteiger partial charge in [0.15, 0.2) is 0 Å². The largest absolute Gasteiger partial charge is 0.343 e. The zero-order valence-electron chi connectivity index (χ0n) is 13.8. The van der Waals surface area contributed by atoms with E-state index >= 15 is 0 Å². The fourth-order valence-electron chi connectivity index (χ4n) is 3.54. The lowest BCUT2D eigenvalue weighted by molar-refractivity contribution is -0.133. The van der Waals surface area contributed by atoms with Crippen molar-refractivity contribution in [1.29, 1.82) is 0 Å². The Morgan fingerprint density at radius 1 is 0.875 bits per heavy atom. The number of likely N-dealkylation sites (tertiary alicyclic amines) is 1. The van der Waals surface area contributed by atoms with E-state index < -0.39 is 0 Å². The molecular weight excluding hydrogens is 316 g/mol. The molecule has 0 spiro atoms. The van der Waals surface area contributed by atoms with Crippen molar-refractivity contribution in [1.82, 2.24) is 4.90 Å². The van der Waals surface area contributed by atoms with Crippen LogP contribution in [-0.2, 0) is 4.79 Å². The number of fused-ring (bicyclic) bond motifs is 2. The predicted octanol–water partition coefficient (Wildman–Crippen LogP) is 4.69. The maximum atomic E-state index is 12.0. The molecular formula is C20H22N2OS. The van der Waals surface area contributed by atoms with Gasteiger partial charge in [-0.15, -0.1) is 0 Å². The molecule has 1 fully saturated rings. The van der Waals surface area contributed by atoms with Gasteiger partial charge >= 0.3 is 0 Å². The summed E-state index contributed by atoms with van der Waals surface area (Å²) in [5.74, 6) is 0.330. The number of carbonyl (C=O) groups excluding carboxylic acids is 1. The second-order valence-corrected chi connectivity index (χ2v) is 7.46. The number of rotatable bonds is 4. The fraction of sp³-hybridized carbons (Fsp3) is 0.350. The summed E-state index contributed by atoms with van der Waals surface area (Å²) in [4.78, 5) is 19.1. The van der Waals surface area contributed by atoms with Crippen LogP contribution in [0.1, 0.15) is 25.7 Å². The first-order chi connectivity index (χ1) is 11.8. The minimum absolute atomic E-state index is 0.330. The van der Waals surface area contributed by atoms with Crippen molar-refractivity contribution in [3.05, 3.63) is 48.5 Å².